The second kappa shape index (κ2) is 5.90. The number of anilines is 1. The molecule has 0 spiro atoms. The molecule has 1 heterocycles. The molecule has 2 nitrogen and oxygen atoms in total. The topological polar surface area (TPSA) is 29.3 Å². The van der Waals surface area contributed by atoms with Crippen molar-refractivity contribution in [3.8, 4) is 0 Å². The fourth-order valence-corrected chi connectivity index (χ4v) is 3.64. The summed E-state index contributed by atoms with van der Waals surface area (Å²) in [6.45, 7) is 6.13. The van der Waals surface area contributed by atoms with Crippen LogP contribution in [-0.2, 0) is 6.42 Å². The number of rotatable bonds is 3. The van der Waals surface area contributed by atoms with E-state index in [1.165, 1.54) is 40.8 Å². The van der Waals surface area contributed by atoms with Crippen LogP contribution in [0.3, 0.4) is 0 Å². The third-order valence-electron chi connectivity index (χ3n) is 4.62. The lowest BCUT2D eigenvalue weighted by Gasteiger charge is -2.39. The first kappa shape index (κ1) is 14.2. The van der Waals surface area contributed by atoms with E-state index in [9.17, 15) is 0 Å². The lowest BCUT2D eigenvalue weighted by atomic mass is 9.92. The number of benzene rings is 2. The van der Waals surface area contributed by atoms with Gasteiger partial charge in [-0.1, -0.05) is 36.4 Å². The van der Waals surface area contributed by atoms with Gasteiger partial charge in [-0.2, -0.15) is 0 Å². The summed E-state index contributed by atoms with van der Waals surface area (Å²) in [5.74, 6) is 0. The molecule has 110 valence electrons. The minimum atomic E-state index is 0.271. The lowest BCUT2D eigenvalue weighted by Crippen LogP contribution is -2.38. The number of hydrogen-bond acceptors (Lipinski definition) is 2. The van der Waals surface area contributed by atoms with E-state index in [0.29, 0.717) is 6.54 Å². The van der Waals surface area contributed by atoms with Crippen molar-refractivity contribution in [2.45, 2.75) is 32.7 Å². The van der Waals surface area contributed by atoms with Gasteiger partial charge in [-0.25, -0.2) is 0 Å². The van der Waals surface area contributed by atoms with Gasteiger partial charge < -0.3 is 10.6 Å². The lowest BCUT2D eigenvalue weighted by molar-refractivity contribution is 0.583. The van der Waals surface area contributed by atoms with Crippen molar-refractivity contribution in [3.63, 3.8) is 0 Å². The van der Waals surface area contributed by atoms with Crippen LogP contribution < -0.4 is 10.6 Å². The van der Waals surface area contributed by atoms with E-state index in [4.69, 9.17) is 5.73 Å². The summed E-state index contributed by atoms with van der Waals surface area (Å²) in [4.78, 5) is 2.51. The molecular weight excluding hydrogens is 256 g/mol. The Morgan fingerprint density at radius 3 is 2.48 bits per heavy atom. The fourth-order valence-electron chi connectivity index (χ4n) is 3.64. The van der Waals surface area contributed by atoms with Crippen molar-refractivity contribution < 1.29 is 0 Å². The van der Waals surface area contributed by atoms with E-state index in [2.05, 4.69) is 61.2 Å². The molecule has 0 amide bonds. The van der Waals surface area contributed by atoms with Crippen LogP contribution in [0.4, 0.5) is 5.69 Å². The highest BCUT2D eigenvalue weighted by molar-refractivity contribution is 5.58. The first-order valence-electron chi connectivity index (χ1n) is 7.83. The maximum absolute atomic E-state index is 6.19. The van der Waals surface area contributed by atoms with Gasteiger partial charge in [0.2, 0.25) is 0 Å². The third-order valence-corrected chi connectivity index (χ3v) is 4.62. The molecule has 2 heteroatoms. The number of nitrogens with zero attached hydrogens (tertiary/aromatic N) is 1. The van der Waals surface area contributed by atoms with Crippen molar-refractivity contribution in [1.29, 1.82) is 0 Å². The minimum Gasteiger partial charge on any atom is -0.363 e. The molecule has 2 N–H and O–H groups in total. The zero-order valence-electron chi connectivity index (χ0n) is 13.0. The molecule has 1 unspecified atom stereocenters. The predicted octanol–water partition coefficient (Wildman–Crippen LogP) is 3.76. The summed E-state index contributed by atoms with van der Waals surface area (Å²) >= 11 is 0. The Kier molecular flexibility index (Phi) is 3.98. The SMILES string of the molecule is Cc1cccc(C)c1C(CN)N1CCCc2ccccc21. The first-order chi connectivity index (χ1) is 10.2. The van der Waals surface area contributed by atoms with Gasteiger partial charge in [0.15, 0.2) is 0 Å². The Morgan fingerprint density at radius 1 is 1.05 bits per heavy atom. The van der Waals surface area contributed by atoms with Crippen LogP contribution in [0.25, 0.3) is 0 Å². The molecule has 0 aliphatic carbocycles. The molecule has 2 aromatic carbocycles. The number of fused-ring (bicyclic) bond motifs is 1. The number of aryl methyl sites for hydroxylation is 3. The van der Waals surface area contributed by atoms with Gasteiger partial charge in [0.1, 0.15) is 0 Å². The molecule has 0 aromatic heterocycles. The highest BCUT2D eigenvalue weighted by Gasteiger charge is 2.26. The summed E-state index contributed by atoms with van der Waals surface area (Å²) < 4.78 is 0. The molecular formula is C19H24N2. The molecule has 0 saturated carbocycles. The molecule has 2 aromatic rings. The average Bonchev–Trinajstić information content (AvgIpc) is 2.51. The zero-order valence-corrected chi connectivity index (χ0v) is 13.0. The normalized spacial score (nSPS) is 15.7. The monoisotopic (exact) mass is 280 g/mol. The smallest absolute Gasteiger partial charge is 0.0669 e. The fraction of sp³-hybridized carbons (Fsp3) is 0.368. The maximum Gasteiger partial charge on any atom is 0.0669 e. The zero-order chi connectivity index (χ0) is 14.8. The molecule has 0 saturated heterocycles. The maximum atomic E-state index is 6.19. The van der Waals surface area contributed by atoms with Gasteiger partial charge >= 0.3 is 0 Å². The number of nitrogens with two attached hydrogens (primary N) is 1. The van der Waals surface area contributed by atoms with Crippen LogP contribution >= 0.6 is 0 Å². The van der Waals surface area contributed by atoms with Crippen LogP contribution in [0, 0.1) is 13.8 Å². The highest BCUT2D eigenvalue weighted by Crippen LogP contribution is 2.35. The van der Waals surface area contributed by atoms with E-state index in [1.54, 1.807) is 0 Å². The van der Waals surface area contributed by atoms with Crippen LogP contribution in [0.2, 0.25) is 0 Å². The average molecular weight is 280 g/mol. The molecule has 0 bridgehead atoms. The Hall–Kier alpha value is -1.80. The summed E-state index contributed by atoms with van der Waals surface area (Å²) in [5, 5.41) is 0. The van der Waals surface area contributed by atoms with Crippen molar-refractivity contribution in [2.24, 2.45) is 5.73 Å². The molecule has 0 fully saturated rings. The molecule has 1 atom stereocenters. The van der Waals surface area contributed by atoms with E-state index in [1.807, 2.05) is 0 Å². The molecule has 1 aliphatic heterocycles. The van der Waals surface area contributed by atoms with E-state index in [-0.39, 0.29) is 6.04 Å². The molecule has 0 radical (unpaired) electrons. The third kappa shape index (κ3) is 2.56. The largest absolute Gasteiger partial charge is 0.363 e. The minimum absolute atomic E-state index is 0.271. The first-order valence-corrected chi connectivity index (χ1v) is 7.83. The molecule has 21 heavy (non-hydrogen) atoms. The van der Waals surface area contributed by atoms with Gasteiger partial charge in [0, 0.05) is 18.8 Å². The molecule has 3 rings (SSSR count). The van der Waals surface area contributed by atoms with Crippen molar-refractivity contribution in [2.75, 3.05) is 18.0 Å². The van der Waals surface area contributed by atoms with Crippen LogP contribution in [0.15, 0.2) is 42.5 Å². The van der Waals surface area contributed by atoms with Gasteiger partial charge in [-0.05, 0) is 55.0 Å². The van der Waals surface area contributed by atoms with E-state index in [0.717, 1.165) is 6.54 Å². The standard InChI is InChI=1S/C19H24N2/c1-14-7-5-8-15(2)19(14)18(13-20)21-12-6-10-16-9-3-4-11-17(16)21/h3-5,7-9,11,18H,6,10,12-13,20H2,1-2H3. The molecule has 1 aliphatic rings. The quantitative estimate of drug-likeness (QED) is 0.927. The van der Waals surface area contributed by atoms with E-state index >= 15 is 0 Å². The van der Waals surface area contributed by atoms with Gasteiger partial charge in [0.25, 0.3) is 0 Å². The highest BCUT2D eigenvalue weighted by atomic mass is 15.2. The summed E-state index contributed by atoms with van der Waals surface area (Å²) in [6, 6.07) is 15.6. The van der Waals surface area contributed by atoms with Crippen LogP contribution in [0.5, 0.6) is 0 Å². The van der Waals surface area contributed by atoms with Gasteiger partial charge in [0.05, 0.1) is 6.04 Å². The predicted molar refractivity (Wildman–Crippen MR) is 89.8 cm³/mol. The Balaban J connectivity index is 2.06. The number of hydrogen-bond donors (Lipinski definition) is 1. The van der Waals surface area contributed by atoms with Crippen molar-refractivity contribution in [1.82, 2.24) is 0 Å². The number of para-hydroxylation sites is 1. The van der Waals surface area contributed by atoms with Crippen LogP contribution in [0.1, 0.15) is 34.7 Å². The Labute approximate surface area is 127 Å². The summed E-state index contributed by atoms with van der Waals surface area (Å²) in [5.41, 5.74) is 13.1. The summed E-state index contributed by atoms with van der Waals surface area (Å²) in [6.07, 6.45) is 2.38. The Bertz CT molecular complexity index is 613. The van der Waals surface area contributed by atoms with Gasteiger partial charge in [-0.15, -0.1) is 0 Å². The van der Waals surface area contributed by atoms with Crippen molar-refractivity contribution in [3.05, 3.63) is 64.7 Å². The van der Waals surface area contributed by atoms with Crippen LogP contribution in [-0.4, -0.2) is 13.1 Å². The van der Waals surface area contributed by atoms with Crippen molar-refractivity contribution >= 4 is 5.69 Å². The van der Waals surface area contributed by atoms with E-state index < -0.39 is 0 Å². The second-order valence-electron chi connectivity index (χ2n) is 5.98. The Morgan fingerprint density at radius 2 is 1.76 bits per heavy atom. The summed E-state index contributed by atoms with van der Waals surface area (Å²) in [7, 11) is 0. The van der Waals surface area contributed by atoms with Gasteiger partial charge in [-0.3, -0.25) is 0 Å². The second-order valence-corrected chi connectivity index (χ2v) is 5.98.